The highest BCUT2D eigenvalue weighted by Gasteiger charge is 2.23. The number of carbonyl (C=O) groups is 1. The van der Waals surface area contributed by atoms with Crippen molar-refractivity contribution in [2.24, 2.45) is 10.9 Å². The number of aliphatic imine (C=N–C) groups is 1. The standard InChI is InChI=1S/C27H23N3O2/c1-18-22(16-29-25-5-3-2-4-23(18)25)14-19-6-8-20(9-7-19)21-10-11-24(27(31)32)26(15-21)30-13-12-28-17-30/h2-13,15-18,22H,14H2,1H3,(H,31,32). The predicted molar refractivity (Wildman–Crippen MR) is 126 cm³/mol. The first-order valence-corrected chi connectivity index (χ1v) is 10.7. The number of imidazole rings is 1. The van der Waals surface area contributed by atoms with Gasteiger partial charge in [-0.25, -0.2) is 9.78 Å². The summed E-state index contributed by atoms with van der Waals surface area (Å²) in [5.41, 5.74) is 6.49. The molecule has 32 heavy (non-hydrogen) atoms. The van der Waals surface area contributed by atoms with Crippen molar-refractivity contribution in [3.63, 3.8) is 0 Å². The number of carboxylic acids is 1. The van der Waals surface area contributed by atoms with Gasteiger partial charge >= 0.3 is 5.97 Å². The van der Waals surface area contributed by atoms with E-state index < -0.39 is 5.97 Å². The first-order valence-electron chi connectivity index (χ1n) is 10.7. The molecular weight excluding hydrogens is 398 g/mol. The van der Waals surface area contributed by atoms with Crippen molar-refractivity contribution in [2.75, 3.05) is 0 Å². The molecule has 158 valence electrons. The SMILES string of the molecule is CC1c2ccccc2N=CC1Cc1ccc(-c2ccc(C(=O)O)c(-n3ccnc3)c2)cc1. The number of aromatic carboxylic acids is 1. The van der Waals surface area contributed by atoms with Crippen molar-refractivity contribution in [1.82, 2.24) is 9.55 Å². The van der Waals surface area contributed by atoms with Gasteiger partial charge in [-0.2, -0.15) is 0 Å². The molecule has 0 amide bonds. The number of para-hydroxylation sites is 1. The van der Waals surface area contributed by atoms with E-state index in [0.717, 1.165) is 23.2 Å². The van der Waals surface area contributed by atoms with Crippen molar-refractivity contribution < 1.29 is 9.90 Å². The summed E-state index contributed by atoms with van der Waals surface area (Å²) in [6, 6.07) is 22.3. The fraction of sp³-hybridized carbons (Fsp3) is 0.148. The van der Waals surface area contributed by atoms with Crippen molar-refractivity contribution in [3.05, 3.63) is 102 Å². The van der Waals surface area contributed by atoms with Gasteiger partial charge in [0.15, 0.2) is 0 Å². The van der Waals surface area contributed by atoms with E-state index in [1.807, 2.05) is 18.2 Å². The van der Waals surface area contributed by atoms with E-state index in [2.05, 4.69) is 65.6 Å². The van der Waals surface area contributed by atoms with Gasteiger partial charge < -0.3 is 9.67 Å². The number of nitrogens with zero attached hydrogens (tertiary/aromatic N) is 3. The lowest BCUT2D eigenvalue weighted by molar-refractivity contribution is 0.0697. The van der Waals surface area contributed by atoms with Crippen LogP contribution in [0.3, 0.4) is 0 Å². The average molecular weight is 422 g/mol. The number of rotatable bonds is 5. The minimum atomic E-state index is -0.958. The van der Waals surface area contributed by atoms with Crippen LogP contribution in [0.15, 0.2) is 90.4 Å². The monoisotopic (exact) mass is 421 g/mol. The molecule has 1 aliphatic heterocycles. The Bertz CT molecular complexity index is 1290. The Hall–Kier alpha value is -3.99. The number of benzene rings is 3. The fourth-order valence-corrected chi connectivity index (χ4v) is 4.37. The highest BCUT2D eigenvalue weighted by Crippen LogP contribution is 2.37. The predicted octanol–water partition coefficient (Wildman–Crippen LogP) is 5.92. The Labute approximate surface area is 186 Å². The Kier molecular flexibility index (Phi) is 5.15. The first kappa shape index (κ1) is 19.9. The zero-order chi connectivity index (χ0) is 22.1. The van der Waals surface area contributed by atoms with E-state index in [9.17, 15) is 9.90 Å². The van der Waals surface area contributed by atoms with Crippen LogP contribution in [0.5, 0.6) is 0 Å². The second-order valence-electron chi connectivity index (χ2n) is 8.20. The zero-order valence-electron chi connectivity index (χ0n) is 17.7. The minimum Gasteiger partial charge on any atom is -0.478 e. The van der Waals surface area contributed by atoms with Gasteiger partial charge in [0.2, 0.25) is 0 Å². The summed E-state index contributed by atoms with van der Waals surface area (Å²) in [7, 11) is 0. The van der Waals surface area contributed by atoms with Gasteiger partial charge in [-0.1, -0.05) is 55.5 Å². The smallest absolute Gasteiger partial charge is 0.337 e. The summed E-state index contributed by atoms with van der Waals surface area (Å²) in [6.07, 6.45) is 8.01. The molecule has 5 rings (SSSR count). The quantitative estimate of drug-likeness (QED) is 0.435. The summed E-state index contributed by atoms with van der Waals surface area (Å²) in [4.78, 5) is 20.4. The van der Waals surface area contributed by atoms with Crippen LogP contribution < -0.4 is 0 Å². The van der Waals surface area contributed by atoms with E-state index >= 15 is 0 Å². The van der Waals surface area contributed by atoms with Crippen LogP contribution in [0.2, 0.25) is 0 Å². The van der Waals surface area contributed by atoms with Gasteiger partial charge in [0, 0.05) is 24.5 Å². The van der Waals surface area contributed by atoms with Crippen molar-refractivity contribution in [1.29, 1.82) is 0 Å². The Morgan fingerprint density at radius 2 is 1.81 bits per heavy atom. The van der Waals surface area contributed by atoms with Gasteiger partial charge in [0.1, 0.15) is 0 Å². The largest absolute Gasteiger partial charge is 0.478 e. The highest BCUT2D eigenvalue weighted by molar-refractivity contribution is 5.93. The molecule has 3 aromatic carbocycles. The maximum absolute atomic E-state index is 11.7. The molecular formula is C27H23N3O2. The van der Waals surface area contributed by atoms with Gasteiger partial charge in [-0.05, 0) is 52.8 Å². The van der Waals surface area contributed by atoms with E-state index in [-0.39, 0.29) is 5.56 Å². The van der Waals surface area contributed by atoms with Gasteiger partial charge in [0.25, 0.3) is 0 Å². The zero-order valence-corrected chi connectivity index (χ0v) is 17.7. The van der Waals surface area contributed by atoms with Crippen LogP contribution in [-0.2, 0) is 6.42 Å². The lowest BCUT2D eigenvalue weighted by Gasteiger charge is -2.26. The fourth-order valence-electron chi connectivity index (χ4n) is 4.37. The molecule has 5 heteroatoms. The lowest BCUT2D eigenvalue weighted by Crippen LogP contribution is -2.17. The number of hydrogen-bond donors (Lipinski definition) is 1. The van der Waals surface area contributed by atoms with Crippen molar-refractivity contribution in [2.45, 2.75) is 19.3 Å². The van der Waals surface area contributed by atoms with E-state index in [1.54, 1.807) is 29.4 Å². The summed E-state index contributed by atoms with van der Waals surface area (Å²) in [5.74, 6) is -0.177. The molecule has 0 spiro atoms. The van der Waals surface area contributed by atoms with E-state index in [1.165, 1.54) is 11.1 Å². The molecule has 1 N–H and O–H groups in total. The molecule has 0 radical (unpaired) electrons. The Morgan fingerprint density at radius 3 is 2.56 bits per heavy atom. The molecule has 1 aliphatic rings. The second-order valence-corrected chi connectivity index (χ2v) is 8.20. The van der Waals surface area contributed by atoms with Crippen LogP contribution in [0.25, 0.3) is 16.8 Å². The minimum absolute atomic E-state index is 0.245. The van der Waals surface area contributed by atoms with Crippen LogP contribution in [0.1, 0.15) is 34.3 Å². The molecule has 2 heterocycles. The third-order valence-corrected chi connectivity index (χ3v) is 6.24. The van der Waals surface area contributed by atoms with Crippen molar-refractivity contribution >= 4 is 17.9 Å². The maximum atomic E-state index is 11.7. The highest BCUT2D eigenvalue weighted by atomic mass is 16.4. The molecule has 0 bridgehead atoms. The molecule has 1 aromatic heterocycles. The van der Waals surface area contributed by atoms with Crippen LogP contribution in [0.4, 0.5) is 5.69 Å². The van der Waals surface area contributed by atoms with Crippen LogP contribution in [0, 0.1) is 5.92 Å². The lowest BCUT2D eigenvalue weighted by atomic mass is 9.81. The summed E-state index contributed by atoms with van der Waals surface area (Å²) in [5, 5.41) is 9.56. The average Bonchev–Trinajstić information content (AvgIpc) is 3.36. The molecule has 2 unspecified atom stereocenters. The van der Waals surface area contributed by atoms with Crippen LogP contribution >= 0.6 is 0 Å². The van der Waals surface area contributed by atoms with Crippen LogP contribution in [-0.4, -0.2) is 26.8 Å². The number of fused-ring (bicyclic) bond motifs is 1. The molecule has 5 nitrogen and oxygen atoms in total. The molecule has 0 saturated carbocycles. The maximum Gasteiger partial charge on any atom is 0.337 e. The second kappa shape index (κ2) is 8.27. The number of carboxylic acid groups (broad SMARTS) is 1. The number of aromatic nitrogens is 2. The van der Waals surface area contributed by atoms with Gasteiger partial charge in [0.05, 0.1) is 23.3 Å². The summed E-state index contributed by atoms with van der Waals surface area (Å²) < 4.78 is 1.73. The third kappa shape index (κ3) is 3.73. The number of hydrogen-bond acceptors (Lipinski definition) is 3. The van der Waals surface area contributed by atoms with Gasteiger partial charge in [-0.3, -0.25) is 4.99 Å². The van der Waals surface area contributed by atoms with E-state index in [4.69, 9.17) is 0 Å². The summed E-state index contributed by atoms with van der Waals surface area (Å²) >= 11 is 0. The molecule has 2 atom stereocenters. The Morgan fingerprint density at radius 1 is 1.03 bits per heavy atom. The molecule has 0 fully saturated rings. The first-order chi connectivity index (χ1) is 15.6. The Balaban J connectivity index is 1.39. The normalized spacial score (nSPS) is 17.2. The molecule has 4 aromatic rings. The van der Waals surface area contributed by atoms with E-state index in [0.29, 0.717) is 17.5 Å². The molecule has 0 aliphatic carbocycles. The van der Waals surface area contributed by atoms with Crippen molar-refractivity contribution in [3.8, 4) is 16.8 Å². The topological polar surface area (TPSA) is 67.5 Å². The van der Waals surface area contributed by atoms with Gasteiger partial charge in [-0.15, -0.1) is 0 Å². The summed E-state index contributed by atoms with van der Waals surface area (Å²) in [6.45, 7) is 2.27. The molecule has 0 saturated heterocycles. The third-order valence-electron chi connectivity index (χ3n) is 6.24.